The smallest absolute Gasteiger partial charge is 0.308 e. The second-order valence-electron chi connectivity index (χ2n) is 7.04. The van der Waals surface area contributed by atoms with Crippen molar-refractivity contribution in [1.82, 2.24) is 14.5 Å². The molecule has 12 heteroatoms. The maximum atomic E-state index is 13.2. The third-order valence-corrected chi connectivity index (χ3v) is 6.75. The predicted octanol–water partition coefficient (Wildman–Crippen LogP) is 2.36. The van der Waals surface area contributed by atoms with E-state index in [2.05, 4.69) is 10.6 Å². The van der Waals surface area contributed by atoms with Gasteiger partial charge < -0.3 is 5.32 Å². The van der Waals surface area contributed by atoms with E-state index < -0.39 is 38.6 Å². The quantitative estimate of drug-likeness (QED) is 0.699. The molecule has 1 heterocycles. The van der Waals surface area contributed by atoms with Crippen LogP contribution in [0.5, 0.6) is 0 Å². The molecule has 1 fully saturated rings. The molecule has 0 spiro atoms. The lowest BCUT2D eigenvalue weighted by Crippen LogP contribution is -2.51. The van der Waals surface area contributed by atoms with Crippen molar-refractivity contribution in [1.29, 1.82) is 0 Å². The number of anilines is 1. The van der Waals surface area contributed by atoms with E-state index in [-0.39, 0.29) is 32.7 Å². The van der Waals surface area contributed by atoms with Crippen molar-refractivity contribution in [2.24, 2.45) is 0 Å². The van der Waals surface area contributed by atoms with Crippen LogP contribution in [0, 0.1) is 0 Å². The normalized spacial score (nSPS) is 15.8. The average Bonchev–Trinajstić information content (AvgIpc) is 2.74. The van der Waals surface area contributed by atoms with Gasteiger partial charge in [-0.2, -0.15) is 17.5 Å². The molecule has 2 N–H and O–H groups in total. The molecule has 0 aromatic heterocycles. The third kappa shape index (κ3) is 5.84. The van der Waals surface area contributed by atoms with Crippen LogP contribution in [-0.4, -0.2) is 62.3 Å². The minimum Gasteiger partial charge on any atom is -0.308 e. The number of urea groups is 1. The number of piperazine rings is 1. The molecule has 0 saturated carbocycles. The van der Waals surface area contributed by atoms with Crippen molar-refractivity contribution in [3.63, 3.8) is 0 Å². The fourth-order valence-corrected chi connectivity index (χ4v) is 4.88. The largest absolute Gasteiger partial charge is 0.417 e. The zero-order chi connectivity index (χ0) is 23.4. The Kier molecular flexibility index (Phi) is 7.16. The molecular formula is C20H21F3N4O4S. The maximum absolute atomic E-state index is 13.2. The lowest BCUT2D eigenvalue weighted by molar-refractivity contribution is -0.140. The van der Waals surface area contributed by atoms with Gasteiger partial charge in [0.15, 0.2) is 0 Å². The van der Waals surface area contributed by atoms with E-state index in [1.807, 2.05) is 0 Å². The van der Waals surface area contributed by atoms with Crippen molar-refractivity contribution in [3.05, 3.63) is 60.2 Å². The number of nitrogens with one attached hydrogen (secondary N) is 2. The fraction of sp³-hybridized carbons (Fsp3) is 0.300. The first-order valence-corrected chi connectivity index (χ1v) is 11.1. The van der Waals surface area contributed by atoms with Gasteiger partial charge in [0.1, 0.15) is 0 Å². The molecule has 0 bridgehead atoms. The van der Waals surface area contributed by atoms with Crippen LogP contribution in [0.15, 0.2) is 59.5 Å². The lowest BCUT2D eigenvalue weighted by atomic mass is 10.2. The first-order valence-electron chi connectivity index (χ1n) is 9.62. The Balaban J connectivity index is 1.55. The van der Waals surface area contributed by atoms with Crippen molar-refractivity contribution in [3.8, 4) is 0 Å². The predicted molar refractivity (Wildman–Crippen MR) is 110 cm³/mol. The summed E-state index contributed by atoms with van der Waals surface area (Å²) in [5, 5.41) is 4.68. The molecule has 0 radical (unpaired) electrons. The van der Waals surface area contributed by atoms with Crippen LogP contribution in [0.25, 0.3) is 0 Å². The van der Waals surface area contributed by atoms with Crippen LogP contribution in [0.2, 0.25) is 0 Å². The van der Waals surface area contributed by atoms with Gasteiger partial charge >= 0.3 is 12.2 Å². The van der Waals surface area contributed by atoms with Crippen LogP contribution in [0.4, 0.5) is 23.7 Å². The number of nitrogens with zero attached hydrogens (tertiary/aromatic N) is 2. The summed E-state index contributed by atoms with van der Waals surface area (Å²) in [6, 6.07) is 11.9. The number of amides is 3. The highest BCUT2D eigenvalue weighted by Gasteiger charge is 2.39. The summed E-state index contributed by atoms with van der Waals surface area (Å²) in [4.78, 5) is 24.8. The molecule has 2 aromatic rings. The Bertz CT molecular complexity index is 1070. The van der Waals surface area contributed by atoms with E-state index in [9.17, 15) is 31.2 Å². The molecule has 32 heavy (non-hydrogen) atoms. The SMILES string of the molecule is O=C(CN1CCN(S(=O)(=O)c2ccccc2C(F)(F)F)CC1)NC(=O)Nc1ccccc1. The maximum Gasteiger partial charge on any atom is 0.417 e. The average molecular weight is 470 g/mol. The molecule has 172 valence electrons. The molecule has 2 aromatic carbocycles. The Hall–Kier alpha value is -2.96. The molecule has 0 aliphatic carbocycles. The summed E-state index contributed by atoms with van der Waals surface area (Å²) in [5.74, 6) is -0.586. The second-order valence-corrected chi connectivity index (χ2v) is 8.95. The van der Waals surface area contributed by atoms with Gasteiger partial charge in [-0.25, -0.2) is 13.2 Å². The number of rotatable bonds is 5. The molecule has 8 nitrogen and oxygen atoms in total. The third-order valence-electron chi connectivity index (χ3n) is 4.79. The number of carbonyl (C=O) groups excluding carboxylic acids is 2. The van der Waals surface area contributed by atoms with E-state index in [0.717, 1.165) is 22.5 Å². The number of hydrogen-bond donors (Lipinski definition) is 2. The highest BCUT2D eigenvalue weighted by Crippen LogP contribution is 2.35. The highest BCUT2D eigenvalue weighted by molar-refractivity contribution is 7.89. The summed E-state index contributed by atoms with van der Waals surface area (Å²) in [6.07, 6.45) is -4.80. The van der Waals surface area contributed by atoms with Crippen molar-refractivity contribution < 1.29 is 31.2 Å². The lowest BCUT2D eigenvalue weighted by Gasteiger charge is -2.33. The van der Waals surface area contributed by atoms with Crippen LogP contribution in [0.1, 0.15) is 5.56 Å². The van der Waals surface area contributed by atoms with Crippen LogP contribution < -0.4 is 10.6 Å². The molecule has 1 aliphatic heterocycles. The van der Waals surface area contributed by atoms with Crippen molar-refractivity contribution in [2.45, 2.75) is 11.1 Å². The Morgan fingerprint density at radius 2 is 1.50 bits per heavy atom. The molecule has 3 rings (SSSR count). The van der Waals surface area contributed by atoms with Gasteiger partial charge in [0.2, 0.25) is 15.9 Å². The van der Waals surface area contributed by atoms with Gasteiger partial charge in [-0.05, 0) is 24.3 Å². The zero-order valence-corrected chi connectivity index (χ0v) is 17.6. The van der Waals surface area contributed by atoms with Gasteiger partial charge in [0.05, 0.1) is 17.0 Å². The summed E-state index contributed by atoms with van der Waals surface area (Å²) >= 11 is 0. The van der Waals surface area contributed by atoms with E-state index >= 15 is 0 Å². The summed E-state index contributed by atoms with van der Waals surface area (Å²) in [7, 11) is -4.36. The number of carbonyl (C=O) groups is 2. The molecule has 1 aliphatic rings. The van der Waals surface area contributed by atoms with Crippen LogP contribution in [0.3, 0.4) is 0 Å². The van der Waals surface area contributed by atoms with E-state index in [4.69, 9.17) is 0 Å². The summed E-state index contributed by atoms with van der Waals surface area (Å²) in [5.41, 5.74) is -0.706. The van der Waals surface area contributed by atoms with Gasteiger partial charge in [0, 0.05) is 31.9 Å². The number of imide groups is 1. The summed E-state index contributed by atoms with van der Waals surface area (Å²) in [6.45, 7) is -0.0758. The number of para-hydroxylation sites is 1. The van der Waals surface area contributed by atoms with E-state index in [1.54, 1.807) is 35.2 Å². The highest BCUT2D eigenvalue weighted by atomic mass is 32.2. The van der Waals surface area contributed by atoms with Crippen LogP contribution >= 0.6 is 0 Å². The minimum absolute atomic E-state index is 0.0853. The molecular weight excluding hydrogens is 449 g/mol. The Morgan fingerprint density at radius 3 is 2.12 bits per heavy atom. The number of hydrogen-bond acceptors (Lipinski definition) is 5. The Labute approximate surface area is 183 Å². The standard InChI is InChI=1S/C20H21F3N4O4S/c21-20(22,23)16-8-4-5-9-17(16)32(30,31)27-12-10-26(11-13-27)14-18(28)25-19(29)24-15-6-2-1-3-7-15/h1-9H,10-14H2,(H2,24,25,28,29). The second kappa shape index (κ2) is 9.67. The molecule has 1 saturated heterocycles. The topological polar surface area (TPSA) is 98.8 Å². The monoisotopic (exact) mass is 470 g/mol. The van der Waals surface area contributed by atoms with Crippen molar-refractivity contribution in [2.75, 3.05) is 38.0 Å². The van der Waals surface area contributed by atoms with Gasteiger partial charge in [-0.1, -0.05) is 30.3 Å². The molecule has 0 atom stereocenters. The Morgan fingerprint density at radius 1 is 0.906 bits per heavy atom. The number of sulfonamides is 1. The van der Waals surface area contributed by atoms with Crippen molar-refractivity contribution >= 4 is 27.6 Å². The van der Waals surface area contributed by atoms with E-state index in [0.29, 0.717) is 5.69 Å². The number of halogens is 3. The van der Waals surface area contributed by atoms with Gasteiger partial charge in [-0.3, -0.25) is 15.0 Å². The zero-order valence-electron chi connectivity index (χ0n) is 16.8. The fourth-order valence-electron chi connectivity index (χ4n) is 3.25. The number of alkyl halides is 3. The van der Waals surface area contributed by atoms with Gasteiger partial charge in [0.25, 0.3) is 0 Å². The minimum atomic E-state index is -4.80. The first kappa shape index (κ1) is 23.7. The molecule has 3 amide bonds. The number of benzene rings is 2. The molecule has 0 unspecified atom stereocenters. The van der Waals surface area contributed by atoms with Gasteiger partial charge in [-0.15, -0.1) is 0 Å². The summed E-state index contributed by atoms with van der Waals surface area (Å²) < 4.78 is 66.2. The van der Waals surface area contributed by atoms with Crippen LogP contribution in [-0.2, 0) is 21.0 Å². The first-order chi connectivity index (χ1) is 15.1. The van der Waals surface area contributed by atoms with E-state index in [1.165, 1.54) is 6.07 Å².